The van der Waals surface area contributed by atoms with Crippen molar-refractivity contribution in [3.63, 3.8) is 0 Å². The second kappa shape index (κ2) is 8.56. The van der Waals surface area contributed by atoms with E-state index in [1.807, 2.05) is 43.9 Å². The topological polar surface area (TPSA) is 47.0 Å². The fourth-order valence-corrected chi connectivity index (χ4v) is 5.86. The van der Waals surface area contributed by atoms with E-state index in [-0.39, 0.29) is 18.2 Å². The molecule has 154 valence electrons. The number of aromatic nitrogens is 1. The molecule has 0 saturated carbocycles. The summed E-state index contributed by atoms with van der Waals surface area (Å²) in [6, 6.07) is 10.8. The van der Waals surface area contributed by atoms with Crippen LogP contribution >= 0.6 is 27.7 Å². The van der Waals surface area contributed by atoms with Crippen molar-refractivity contribution in [1.29, 1.82) is 0 Å². The molecule has 7 heteroatoms. The molecule has 1 aromatic heterocycles. The zero-order valence-corrected chi connectivity index (χ0v) is 19.5. The van der Waals surface area contributed by atoms with Gasteiger partial charge in [-0.05, 0) is 66.0 Å². The minimum atomic E-state index is -0.0403. The Bertz CT molecular complexity index is 906. The third-order valence-corrected chi connectivity index (χ3v) is 6.99. The number of hydrogen-bond donors (Lipinski definition) is 0. The lowest BCUT2D eigenvalue weighted by Gasteiger charge is -2.32. The predicted octanol–water partition coefficient (Wildman–Crippen LogP) is 5.62. The van der Waals surface area contributed by atoms with E-state index in [1.54, 1.807) is 7.11 Å². The Balaban J connectivity index is 1.80. The van der Waals surface area contributed by atoms with Gasteiger partial charge < -0.3 is 14.4 Å². The highest BCUT2D eigenvalue weighted by molar-refractivity contribution is 9.10. The number of hydrogen-bond acceptors (Lipinski definition) is 6. The molecule has 1 fully saturated rings. The van der Waals surface area contributed by atoms with Crippen LogP contribution in [0.1, 0.15) is 50.5 Å². The van der Waals surface area contributed by atoms with Crippen molar-refractivity contribution in [2.24, 2.45) is 4.99 Å². The largest absolute Gasteiger partial charge is 0.493 e. The number of methoxy groups -OCH3 is 1. The summed E-state index contributed by atoms with van der Waals surface area (Å²) in [5.74, 6) is 2.55. The third-order valence-electron chi connectivity index (χ3n) is 5.28. The number of benzene rings is 1. The molecule has 29 heavy (non-hydrogen) atoms. The number of aliphatic imine (C=N–C) groups is 1. The van der Waals surface area contributed by atoms with Gasteiger partial charge >= 0.3 is 0 Å². The maximum Gasteiger partial charge on any atom is 0.175 e. The van der Waals surface area contributed by atoms with Crippen LogP contribution in [-0.2, 0) is 0 Å². The fourth-order valence-electron chi connectivity index (χ4n) is 3.97. The van der Waals surface area contributed by atoms with Gasteiger partial charge in [-0.3, -0.25) is 9.98 Å². The van der Waals surface area contributed by atoms with Gasteiger partial charge in [0.25, 0.3) is 0 Å². The summed E-state index contributed by atoms with van der Waals surface area (Å²) < 4.78 is 12.6. The van der Waals surface area contributed by atoms with E-state index in [0.29, 0.717) is 6.04 Å². The van der Waals surface area contributed by atoms with Crippen molar-refractivity contribution in [3.8, 4) is 11.5 Å². The van der Waals surface area contributed by atoms with Gasteiger partial charge in [-0.2, -0.15) is 0 Å². The molecule has 3 heterocycles. The minimum Gasteiger partial charge on any atom is -0.493 e. The number of rotatable bonds is 6. The van der Waals surface area contributed by atoms with Crippen LogP contribution in [0, 0.1) is 0 Å². The molecular weight excluding hydrogens is 450 g/mol. The van der Waals surface area contributed by atoms with E-state index >= 15 is 0 Å². The monoisotopic (exact) mass is 475 g/mol. The molecule has 0 unspecified atom stereocenters. The van der Waals surface area contributed by atoms with E-state index < -0.39 is 0 Å². The summed E-state index contributed by atoms with van der Waals surface area (Å²) in [6.07, 6.45) is 2.99. The lowest BCUT2D eigenvalue weighted by molar-refractivity contribution is 0.226. The van der Waals surface area contributed by atoms with E-state index in [2.05, 4.69) is 50.9 Å². The lowest BCUT2D eigenvalue weighted by Crippen LogP contribution is -2.35. The molecule has 0 aliphatic carbocycles. The van der Waals surface area contributed by atoms with Crippen LogP contribution < -0.4 is 9.47 Å². The minimum absolute atomic E-state index is 0.0403. The van der Waals surface area contributed by atoms with Crippen molar-refractivity contribution in [2.75, 3.05) is 12.9 Å². The number of pyridine rings is 1. The number of thioether (sulfide) groups is 1. The fraction of sp³-hybridized carbons (Fsp3) is 0.455. The summed E-state index contributed by atoms with van der Waals surface area (Å²) in [6.45, 7) is 6.28. The highest BCUT2D eigenvalue weighted by atomic mass is 79.9. The van der Waals surface area contributed by atoms with Gasteiger partial charge in [-0.1, -0.05) is 24.8 Å². The van der Waals surface area contributed by atoms with E-state index in [1.165, 1.54) is 0 Å². The molecule has 0 spiro atoms. The Kier molecular flexibility index (Phi) is 6.06. The first-order valence-electron chi connectivity index (χ1n) is 9.97. The highest BCUT2D eigenvalue weighted by Crippen LogP contribution is 2.50. The molecule has 0 bridgehead atoms. The molecule has 0 amide bonds. The summed E-state index contributed by atoms with van der Waals surface area (Å²) in [4.78, 5) is 12.2. The third kappa shape index (κ3) is 3.87. The molecule has 3 atom stereocenters. The van der Waals surface area contributed by atoms with Crippen molar-refractivity contribution in [1.82, 2.24) is 9.88 Å². The maximum atomic E-state index is 5.99. The van der Waals surface area contributed by atoms with Crippen molar-refractivity contribution >= 4 is 32.9 Å². The SMILES string of the molecule is CC[C@H]1CSC2=N[C@@H](c3ccccn3)[C@@H](c3cc(Br)c(OC(C)C)c(OC)c3)N21. The van der Waals surface area contributed by atoms with Gasteiger partial charge in [-0.15, -0.1) is 0 Å². The Morgan fingerprint density at radius 2 is 2.14 bits per heavy atom. The normalized spacial score (nSPS) is 23.3. The lowest BCUT2D eigenvalue weighted by atomic mass is 9.95. The number of nitrogens with zero attached hydrogens (tertiary/aromatic N) is 3. The van der Waals surface area contributed by atoms with Gasteiger partial charge in [-0.25, -0.2) is 0 Å². The van der Waals surface area contributed by atoms with E-state index in [0.717, 1.165) is 44.6 Å². The molecule has 2 aliphatic heterocycles. The Morgan fingerprint density at radius 3 is 2.79 bits per heavy atom. The second-order valence-electron chi connectivity index (χ2n) is 7.54. The molecule has 0 N–H and O–H groups in total. The summed E-state index contributed by atoms with van der Waals surface area (Å²) >= 11 is 5.56. The Hall–Kier alpha value is -1.73. The van der Waals surface area contributed by atoms with Crippen LogP contribution in [0.15, 0.2) is 46.0 Å². The summed E-state index contributed by atoms with van der Waals surface area (Å²) in [5, 5.41) is 1.12. The number of ether oxygens (including phenoxy) is 2. The van der Waals surface area contributed by atoms with Crippen LogP contribution in [0.2, 0.25) is 0 Å². The van der Waals surface area contributed by atoms with Crippen molar-refractivity contribution in [3.05, 3.63) is 52.3 Å². The number of fused-ring (bicyclic) bond motifs is 1. The Labute approximate surface area is 185 Å². The second-order valence-corrected chi connectivity index (χ2v) is 9.38. The van der Waals surface area contributed by atoms with E-state index in [9.17, 15) is 0 Å². The first-order chi connectivity index (χ1) is 14.0. The molecule has 0 radical (unpaired) electrons. The smallest absolute Gasteiger partial charge is 0.175 e. The zero-order valence-electron chi connectivity index (χ0n) is 17.1. The Morgan fingerprint density at radius 1 is 1.31 bits per heavy atom. The van der Waals surface area contributed by atoms with Crippen LogP contribution in [0.25, 0.3) is 0 Å². The number of halogens is 1. The number of amidine groups is 1. The van der Waals surface area contributed by atoms with Crippen molar-refractivity contribution in [2.45, 2.75) is 51.4 Å². The predicted molar refractivity (Wildman–Crippen MR) is 122 cm³/mol. The first-order valence-corrected chi connectivity index (χ1v) is 11.7. The quantitative estimate of drug-likeness (QED) is 0.542. The van der Waals surface area contributed by atoms with Gasteiger partial charge in [0.15, 0.2) is 16.7 Å². The van der Waals surface area contributed by atoms with E-state index in [4.69, 9.17) is 14.5 Å². The summed E-state index contributed by atoms with van der Waals surface area (Å²) in [7, 11) is 1.69. The molecule has 2 aromatic rings. The zero-order chi connectivity index (χ0) is 20.5. The standard InChI is InChI=1S/C22H26BrN3O2S/c1-5-15-12-29-22-25-19(17-8-6-7-9-24-17)20(26(15)22)14-10-16(23)21(28-13(2)3)18(11-14)27-4/h6-11,13,15,19-20H,5,12H2,1-4H3/t15-,19-,20+/m0/s1. The average molecular weight is 476 g/mol. The van der Waals surface area contributed by atoms with Crippen LogP contribution in [0.5, 0.6) is 11.5 Å². The van der Waals surface area contributed by atoms with Crippen LogP contribution in [0.4, 0.5) is 0 Å². The molecule has 5 nitrogen and oxygen atoms in total. The van der Waals surface area contributed by atoms with Crippen molar-refractivity contribution < 1.29 is 9.47 Å². The van der Waals surface area contributed by atoms with Gasteiger partial charge in [0.05, 0.1) is 29.4 Å². The van der Waals surface area contributed by atoms with Gasteiger partial charge in [0.2, 0.25) is 0 Å². The highest BCUT2D eigenvalue weighted by Gasteiger charge is 2.45. The molecular formula is C22H26BrN3O2S. The molecule has 2 aliphatic rings. The molecule has 4 rings (SSSR count). The first kappa shape index (κ1) is 20.5. The average Bonchev–Trinajstić information content (AvgIpc) is 3.28. The van der Waals surface area contributed by atoms with Crippen LogP contribution in [-0.4, -0.2) is 40.1 Å². The van der Waals surface area contributed by atoms with Gasteiger partial charge in [0.1, 0.15) is 6.04 Å². The molecule has 1 aromatic carbocycles. The van der Waals surface area contributed by atoms with Crippen LogP contribution in [0.3, 0.4) is 0 Å². The molecule has 1 saturated heterocycles. The summed E-state index contributed by atoms with van der Waals surface area (Å²) in [5.41, 5.74) is 2.15. The maximum absolute atomic E-state index is 5.99. The van der Waals surface area contributed by atoms with Gasteiger partial charge in [0, 0.05) is 18.0 Å².